The number of alkyl halides is 3. The molecule has 0 saturated carbocycles. The first-order chi connectivity index (χ1) is 8.01. The Morgan fingerprint density at radius 2 is 2.24 bits per heavy atom. The Balaban J connectivity index is 3.25. The van der Waals surface area contributed by atoms with E-state index in [2.05, 4.69) is 9.72 Å². The van der Waals surface area contributed by atoms with Crippen molar-refractivity contribution >= 4 is 17.6 Å². The molecule has 7 heteroatoms. The molecule has 0 aliphatic heterocycles. The summed E-state index contributed by atoms with van der Waals surface area (Å²) < 4.78 is 43.1. The SMILES string of the molecule is COC(=O)Cc1cnc(F)c(CCl)c1C(F)F. The predicted octanol–water partition coefficient (Wildman–Crippen LogP) is 2.61. The van der Waals surface area contributed by atoms with Gasteiger partial charge in [-0.25, -0.2) is 13.8 Å². The first kappa shape index (κ1) is 13.8. The molecule has 0 fully saturated rings. The van der Waals surface area contributed by atoms with Crippen molar-refractivity contribution in [3.8, 4) is 0 Å². The maximum Gasteiger partial charge on any atom is 0.310 e. The Hall–Kier alpha value is -1.30. The number of halogens is 4. The van der Waals surface area contributed by atoms with Crippen molar-refractivity contribution in [2.45, 2.75) is 18.7 Å². The molecule has 0 amide bonds. The average Bonchev–Trinajstić information content (AvgIpc) is 2.30. The van der Waals surface area contributed by atoms with Gasteiger partial charge in [-0.15, -0.1) is 11.6 Å². The van der Waals surface area contributed by atoms with Crippen molar-refractivity contribution in [1.82, 2.24) is 4.98 Å². The third-order valence-electron chi connectivity index (χ3n) is 2.17. The predicted molar refractivity (Wildman–Crippen MR) is 54.4 cm³/mol. The summed E-state index contributed by atoms with van der Waals surface area (Å²) in [5, 5.41) is 0. The van der Waals surface area contributed by atoms with E-state index in [0.29, 0.717) is 0 Å². The molecule has 0 N–H and O–H groups in total. The van der Waals surface area contributed by atoms with Crippen molar-refractivity contribution in [2.24, 2.45) is 0 Å². The van der Waals surface area contributed by atoms with Gasteiger partial charge in [0.05, 0.1) is 19.4 Å². The summed E-state index contributed by atoms with van der Waals surface area (Å²) in [5.74, 6) is -2.20. The fourth-order valence-electron chi connectivity index (χ4n) is 1.35. The fraction of sp³-hybridized carbons (Fsp3) is 0.400. The van der Waals surface area contributed by atoms with E-state index < -0.39 is 36.2 Å². The third-order valence-corrected chi connectivity index (χ3v) is 2.44. The van der Waals surface area contributed by atoms with E-state index in [4.69, 9.17) is 11.6 Å². The summed E-state index contributed by atoms with van der Waals surface area (Å²) in [6.45, 7) is 0. The maximum absolute atomic E-state index is 13.2. The monoisotopic (exact) mass is 267 g/mol. The highest BCUT2D eigenvalue weighted by Gasteiger charge is 2.23. The Bertz CT molecular complexity index is 426. The van der Waals surface area contributed by atoms with Gasteiger partial charge in [-0.1, -0.05) is 0 Å². The number of rotatable bonds is 4. The molecule has 0 aliphatic rings. The second kappa shape index (κ2) is 5.86. The minimum atomic E-state index is -2.93. The number of pyridine rings is 1. The standard InChI is InChI=1S/C10H9ClF3NO2/c1-17-7(16)2-5-4-15-10(14)6(3-11)8(5)9(12)13/h4,9H,2-3H2,1H3. The van der Waals surface area contributed by atoms with Crippen LogP contribution in [0.5, 0.6) is 0 Å². The molecule has 94 valence electrons. The lowest BCUT2D eigenvalue weighted by Gasteiger charge is -2.12. The van der Waals surface area contributed by atoms with Crippen molar-refractivity contribution in [2.75, 3.05) is 7.11 Å². The third kappa shape index (κ3) is 3.09. The lowest BCUT2D eigenvalue weighted by atomic mass is 10.0. The molecule has 0 aliphatic carbocycles. The van der Waals surface area contributed by atoms with Gasteiger partial charge in [0, 0.05) is 17.3 Å². The van der Waals surface area contributed by atoms with Crippen molar-refractivity contribution in [3.63, 3.8) is 0 Å². The normalized spacial score (nSPS) is 10.7. The van der Waals surface area contributed by atoms with Crippen molar-refractivity contribution in [1.29, 1.82) is 0 Å². The number of esters is 1. The molecule has 0 atom stereocenters. The lowest BCUT2D eigenvalue weighted by molar-refractivity contribution is -0.139. The molecular formula is C10H9ClF3NO2. The van der Waals surface area contributed by atoms with Crippen LogP contribution in [0.15, 0.2) is 6.20 Å². The quantitative estimate of drug-likeness (QED) is 0.478. The van der Waals surface area contributed by atoms with Gasteiger partial charge in [0.2, 0.25) is 5.95 Å². The van der Waals surface area contributed by atoms with E-state index in [0.717, 1.165) is 13.3 Å². The molecular weight excluding hydrogens is 259 g/mol. The first-order valence-corrected chi connectivity index (χ1v) is 5.11. The number of aromatic nitrogens is 1. The Kier molecular flexibility index (Phi) is 4.74. The van der Waals surface area contributed by atoms with Crippen LogP contribution in [0, 0.1) is 5.95 Å². The molecule has 1 aromatic heterocycles. The van der Waals surface area contributed by atoms with Crippen LogP contribution in [0.3, 0.4) is 0 Å². The number of ether oxygens (including phenoxy) is 1. The Morgan fingerprint density at radius 3 is 2.71 bits per heavy atom. The van der Waals surface area contributed by atoms with Gasteiger partial charge in [-0.3, -0.25) is 4.79 Å². The van der Waals surface area contributed by atoms with Gasteiger partial charge in [0.1, 0.15) is 0 Å². The van der Waals surface area contributed by atoms with Crippen molar-refractivity contribution < 1.29 is 22.7 Å². The fourth-order valence-corrected chi connectivity index (χ4v) is 1.61. The zero-order chi connectivity index (χ0) is 13.0. The first-order valence-electron chi connectivity index (χ1n) is 4.58. The molecule has 0 radical (unpaired) electrons. The van der Waals surface area contributed by atoms with Gasteiger partial charge in [-0.2, -0.15) is 4.39 Å². The largest absolute Gasteiger partial charge is 0.469 e. The lowest BCUT2D eigenvalue weighted by Crippen LogP contribution is -2.11. The molecule has 3 nitrogen and oxygen atoms in total. The molecule has 0 saturated heterocycles. The summed E-state index contributed by atoms with van der Waals surface area (Å²) in [7, 11) is 1.13. The van der Waals surface area contributed by atoms with Crippen LogP contribution >= 0.6 is 11.6 Å². The van der Waals surface area contributed by atoms with E-state index in [1.54, 1.807) is 0 Å². The molecule has 0 aromatic carbocycles. The smallest absolute Gasteiger partial charge is 0.310 e. The van der Waals surface area contributed by atoms with Gasteiger partial charge < -0.3 is 4.74 Å². The van der Waals surface area contributed by atoms with Crippen LogP contribution in [0.25, 0.3) is 0 Å². The van der Waals surface area contributed by atoms with E-state index in [1.807, 2.05) is 0 Å². The van der Waals surface area contributed by atoms with E-state index in [1.165, 1.54) is 0 Å². The molecule has 1 rings (SSSR count). The molecule has 1 heterocycles. The maximum atomic E-state index is 13.2. The van der Waals surface area contributed by atoms with Crippen LogP contribution in [0.1, 0.15) is 23.1 Å². The average molecular weight is 268 g/mol. The number of carbonyl (C=O) groups excluding carboxylic acids is 1. The molecule has 0 bridgehead atoms. The van der Waals surface area contributed by atoms with Gasteiger partial charge in [0.25, 0.3) is 6.43 Å². The summed E-state index contributed by atoms with van der Waals surface area (Å²) in [5.41, 5.74) is -1.05. The highest BCUT2D eigenvalue weighted by atomic mass is 35.5. The van der Waals surface area contributed by atoms with Crippen LogP contribution < -0.4 is 0 Å². The van der Waals surface area contributed by atoms with E-state index in [-0.39, 0.29) is 11.1 Å². The summed E-state index contributed by atoms with van der Waals surface area (Å²) in [4.78, 5) is 14.3. The molecule has 1 aromatic rings. The Morgan fingerprint density at radius 1 is 1.59 bits per heavy atom. The molecule has 0 unspecified atom stereocenters. The minimum absolute atomic E-state index is 0.0797. The number of nitrogens with zero attached hydrogens (tertiary/aromatic N) is 1. The topological polar surface area (TPSA) is 39.2 Å². The number of carbonyl (C=O) groups is 1. The van der Waals surface area contributed by atoms with Crippen molar-refractivity contribution in [3.05, 3.63) is 28.8 Å². The van der Waals surface area contributed by atoms with Crippen LogP contribution in [0.4, 0.5) is 13.2 Å². The Labute approximate surface area is 101 Å². The summed E-state index contributed by atoms with van der Waals surface area (Å²) in [6, 6.07) is 0. The number of hydrogen-bond donors (Lipinski definition) is 0. The summed E-state index contributed by atoms with van der Waals surface area (Å²) >= 11 is 5.39. The van der Waals surface area contributed by atoms with Gasteiger partial charge >= 0.3 is 5.97 Å². The summed E-state index contributed by atoms with van der Waals surface area (Å²) in [6.07, 6.45) is -2.43. The number of hydrogen-bond acceptors (Lipinski definition) is 3. The van der Waals surface area contributed by atoms with E-state index >= 15 is 0 Å². The zero-order valence-corrected chi connectivity index (χ0v) is 9.60. The molecule has 0 spiro atoms. The highest BCUT2D eigenvalue weighted by molar-refractivity contribution is 6.17. The second-order valence-electron chi connectivity index (χ2n) is 3.15. The number of methoxy groups -OCH3 is 1. The van der Waals surface area contributed by atoms with Crippen LogP contribution in [-0.2, 0) is 21.8 Å². The molecule has 17 heavy (non-hydrogen) atoms. The van der Waals surface area contributed by atoms with Gasteiger partial charge in [-0.05, 0) is 5.56 Å². The van der Waals surface area contributed by atoms with E-state index in [9.17, 15) is 18.0 Å². The van der Waals surface area contributed by atoms with Gasteiger partial charge in [0.15, 0.2) is 0 Å². The highest BCUT2D eigenvalue weighted by Crippen LogP contribution is 2.29. The van der Waals surface area contributed by atoms with Crippen LogP contribution in [-0.4, -0.2) is 18.1 Å². The zero-order valence-electron chi connectivity index (χ0n) is 8.84. The minimum Gasteiger partial charge on any atom is -0.469 e. The van der Waals surface area contributed by atoms with Crippen LogP contribution in [0.2, 0.25) is 0 Å². The second-order valence-corrected chi connectivity index (χ2v) is 3.42.